The Kier molecular flexibility index (Phi) is 3.46. The molecule has 1 aliphatic heterocycles. The molecule has 0 aromatic rings. The molecule has 4 nitrogen and oxygen atoms in total. The first-order chi connectivity index (χ1) is 5.69. The summed E-state index contributed by atoms with van der Waals surface area (Å²) in [5, 5.41) is 18.3. The van der Waals surface area contributed by atoms with Crippen molar-refractivity contribution < 1.29 is 14.9 Å². The van der Waals surface area contributed by atoms with Crippen molar-refractivity contribution >= 4 is 0 Å². The zero-order valence-electron chi connectivity index (χ0n) is 7.60. The molecule has 0 bridgehead atoms. The molecular formula is C8H17NO3. The fraction of sp³-hybridized carbons (Fsp3) is 1.00. The topological polar surface area (TPSA) is 52.9 Å². The van der Waals surface area contributed by atoms with Crippen LogP contribution in [-0.4, -0.2) is 60.2 Å². The van der Waals surface area contributed by atoms with E-state index in [2.05, 4.69) is 0 Å². The highest BCUT2D eigenvalue weighted by atomic mass is 16.5. The Bertz CT molecular complexity index is 142. The van der Waals surface area contributed by atoms with Crippen LogP contribution >= 0.6 is 0 Å². The van der Waals surface area contributed by atoms with Crippen molar-refractivity contribution in [1.82, 2.24) is 4.90 Å². The SMILES string of the molecule is CO[C@@H]1CN(C(C)CO)C[C@H]1O. The Morgan fingerprint density at radius 2 is 2.25 bits per heavy atom. The minimum absolute atomic E-state index is 0.0981. The highest BCUT2D eigenvalue weighted by Crippen LogP contribution is 2.15. The molecule has 0 aliphatic carbocycles. The van der Waals surface area contributed by atoms with E-state index in [1.54, 1.807) is 7.11 Å². The van der Waals surface area contributed by atoms with E-state index in [-0.39, 0.29) is 18.8 Å². The molecule has 0 amide bonds. The number of ether oxygens (including phenoxy) is 1. The summed E-state index contributed by atoms with van der Waals surface area (Å²) in [4.78, 5) is 2.03. The molecule has 1 fully saturated rings. The van der Waals surface area contributed by atoms with Gasteiger partial charge in [0, 0.05) is 26.2 Å². The lowest BCUT2D eigenvalue weighted by atomic mass is 10.3. The summed E-state index contributed by atoms with van der Waals surface area (Å²) in [5.74, 6) is 0. The number of aliphatic hydroxyl groups is 2. The van der Waals surface area contributed by atoms with Gasteiger partial charge in [-0.15, -0.1) is 0 Å². The summed E-state index contributed by atoms with van der Waals surface area (Å²) >= 11 is 0. The number of rotatable bonds is 3. The van der Waals surface area contributed by atoms with Gasteiger partial charge in [0.25, 0.3) is 0 Å². The Morgan fingerprint density at radius 3 is 2.67 bits per heavy atom. The molecule has 72 valence electrons. The number of likely N-dealkylation sites (tertiary alicyclic amines) is 1. The van der Waals surface area contributed by atoms with Gasteiger partial charge in [0.05, 0.1) is 18.8 Å². The van der Waals surface area contributed by atoms with Crippen molar-refractivity contribution in [1.29, 1.82) is 0 Å². The zero-order chi connectivity index (χ0) is 9.14. The van der Waals surface area contributed by atoms with Gasteiger partial charge in [0.15, 0.2) is 0 Å². The molecule has 2 N–H and O–H groups in total. The van der Waals surface area contributed by atoms with Crippen molar-refractivity contribution in [2.75, 3.05) is 26.8 Å². The van der Waals surface area contributed by atoms with Crippen LogP contribution in [0, 0.1) is 0 Å². The summed E-state index contributed by atoms with van der Waals surface area (Å²) in [5.41, 5.74) is 0. The van der Waals surface area contributed by atoms with Crippen LogP contribution in [0.3, 0.4) is 0 Å². The van der Waals surface area contributed by atoms with E-state index in [0.29, 0.717) is 13.1 Å². The van der Waals surface area contributed by atoms with Crippen LogP contribution in [0.2, 0.25) is 0 Å². The number of nitrogens with zero attached hydrogens (tertiary/aromatic N) is 1. The van der Waals surface area contributed by atoms with E-state index >= 15 is 0 Å². The molecule has 0 aromatic carbocycles. The number of aliphatic hydroxyl groups excluding tert-OH is 2. The van der Waals surface area contributed by atoms with Crippen molar-refractivity contribution in [3.8, 4) is 0 Å². The summed E-state index contributed by atoms with van der Waals surface area (Å²) in [6.07, 6.45) is -0.511. The smallest absolute Gasteiger partial charge is 0.0969 e. The van der Waals surface area contributed by atoms with Crippen LogP contribution in [-0.2, 0) is 4.74 Å². The van der Waals surface area contributed by atoms with Gasteiger partial charge in [-0.3, -0.25) is 4.90 Å². The molecule has 0 spiro atoms. The van der Waals surface area contributed by atoms with Crippen LogP contribution in [0.1, 0.15) is 6.92 Å². The van der Waals surface area contributed by atoms with E-state index < -0.39 is 6.10 Å². The summed E-state index contributed by atoms with van der Waals surface area (Å²) < 4.78 is 5.07. The highest BCUT2D eigenvalue weighted by Gasteiger charge is 2.33. The van der Waals surface area contributed by atoms with Crippen molar-refractivity contribution in [3.63, 3.8) is 0 Å². The highest BCUT2D eigenvalue weighted by molar-refractivity contribution is 4.86. The van der Waals surface area contributed by atoms with Crippen LogP contribution < -0.4 is 0 Å². The van der Waals surface area contributed by atoms with Crippen LogP contribution in [0.15, 0.2) is 0 Å². The van der Waals surface area contributed by atoms with E-state index in [9.17, 15) is 5.11 Å². The van der Waals surface area contributed by atoms with Gasteiger partial charge in [0.2, 0.25) is 0 Å². The van der Waals surface area contributed by atoms with Gasteiger partial charge >= 0.3 is 0 Å². The maximum Gasteiger partial charge on any atom is 0.0969 e. The summed E-state index contributed by atoms with van der Waals surface area (Å²) in [7, 11) is 1.60. The lowest BCUT2D eigenvalue weighted by molar-refractivity contribution is 0.0213. The molecule has 1 rings (SSSR count). The number of hydrogen-bond acceptors (Lipinski definition) is 4. The van der Waals surface area contributed by atoms with Crippen molar-refractivity contribution in [3.05, 3.63) is 0 Å². The molecule has 1 saturated heterocycles. The zero-order valence-corrected chi connectivity index (χ0v) is 7.60. The van der Waals surface area contributed by atoms with Gasteiger partial charge in [-0.2, -0.15) is 0 Å². The Hall–Kier alpha value is -0.160. The van der Waals surface area contributed by atoms with Gasteiger partial charge in [-0.05, 0) is 6.92 Å². The number of methoxy groups -OCH3 is 1. The molecular weight excluding hydrogens is 158 g/mol. The third-order valence-electron chi connectivity index (χ3n) is 2.46. The maximum atomic E-state index is 9.46. The van der Waals surface area contributed by atoms with E-state index in [1.807, 2.05) is 11.8 Å². The first kappa shape index (κ1) is 9.92. The Balaban J connectivity index is 2.42. The van der Waals surface area contributed by atoms with E-state index in [4.69, 9.17) is 9.84 Å². The quantitative estimate of drug-likeness (QED) is 0.581. The van der Waals surface area contributed by atoms with Crippen molar-refractivity contribution in [2.45, 2.75) is 25.2 Å². The molecule has 0 radical (unpaired) electrons. The average Bonchev–Trinajstić information content (AvgIpc) is 2.45. The predicted octanol–water partition coefficient (Wildman–Crippen LogP) is -0.941. The molecule has 1 aliphatic rings. The lowest BCUT2D eigenvalue weighted by Crippen LogP contribution is -2.34. The van der Waals surface area contributed by atoms with Crippen LogP contribution in [0.25, 0.3) is 0 Å². The molecule has 3 atom stereocenters. The van der Waals surface area contributed by atoms with Gasteiger partial charge < -0.3 is 14.9 Å². The standard InChI is InChI=1S/C8H17NO3/c1-6(5-10)9-3-7(11)8(4-9)12-2/h6-8,10-11H,3-5H2,1-2H3/t6?,7-,8-/m1/s1. The first-order valence-electron chi connectivity index (χ1n) is 4.24. The maximum absolute atomic E-state index is 9.46. The van der Waals surface area contributed by atoms with Crippen LogP contribution in [0.5, 0.6) is 0 Å². The Labute approximate surface area is 72.7 Å². The number of β-amino-alcohol motifs (C(OH)–C–C–N with tert-alkyl or cyclic N) is 1. The molecule has 4 heteroatoms. The van der Waals surface area contributed by atoms with Gasteiger partial charge in [-0.1, -0.05) is 0 Å². The second-order valence-corrected chi connectivity index (χ2v) is 3.33. The third kappa shape index (κ3) is 1.95. The van der Waals surface area contributed by atoms with E-state index in [0.717, 1.165) is 0 Å². The second kappa shape index (κ2) is 4.18. The minimum atomic E-state index is -0.413. The fourth-order valence-corrected chi connectivity index (χ4v) is 1.49. The molecule has 0 saturated carbocycles. The van der Waals surface area contributed by atoms with Gasteiger partial charge in [-0.25, -0.2) is 0 Å². The molecule has 12 heavy (non-hydrogen) atoms. The largest absolute Gasteiger partial charge is 0.395 e. The van der Waals surface area contributed by atoms with Gasteiger partial charge in [0.1, 0.15) is 0 Å². The summed E-state index contributed by atoms with van der Waals surface area (Å²) in [6, 6.07) is 0.111. The average molecular weight is 175 g/mol. The second-order valence-electron chi connectivity index (χ2n) is 3.33. The summed E-state index contributed by atoms with van der Waals surface area (Å²) in [6.45, 7) is 3.37. The first-order valence-corrected chi connectivity index (χ1v) is 4.24. The predicted molar refractivity (Wildman–Crippen MR) is 44.9 cm³/mol. The fourth-order valence-electron chi connectivity index (χ4n) is 1.49. The lowest BCUT2D eigenvalue weighted by Gasteiger charge is -2.21. The van der Waals surface area contributed by atoms with Crippen LogP contribution in [0.4, 0.5) is 0 Å². The molecule has 1 heterocycles. The minimum Gasteiger partial charge on any atom is -0.395 e. The Morgan fingerprint density at radius 1 is 1.58 bits per heavy atom. The monoisotopic (exact) mass is 175 g/mol. The van der Waals surface area contributed by atoms with E-state index in [1.165, 1.54) is 0 Å². The molecule has 0 aromatic heterocycles. The number of hydrogen-bond donors (Lipinski definition) is 2. The normalized spacial score (nSPS) is 34.0. The van der Waals surface area contributed by atoms with Crippen molar-refractivity contribution in [2.24, 2.45) is 0 Å². The molecule has 1 unspecified atom stereocenters. The third-order valence-corrected chi connectivity index (χ3v) is 2.46.